The Morgan fingerprint density at radius 1 is 0.600 bits per heavy atom. The second-order valence-corrected chi connectivity index (χ2v) is 12.8. The molecule has 0 saturated heterocycles. The molecule has 1 aliphatic rings. The van der Waals surface area contributed by atoms with Crippen molar-refractivity contribution in [3.8, 4) is 34.2 Å². The molecule has 3 aromatic heterocycles. The number of rotatable bonds is 4. The van der Waals surface area contributed by atoms with Gasteiger partial charge in [0, 0.05) is 42.6 Å². The van der Waals surface area contributed by atoms with Crippen molar-refractivity contribution in [2.75, 3.05) is 0 Å². The third-order valence-electron chi connectivity index (χ3n) is 8.83. The number of hydrogen-bond donors (Lipinski definition) is 0. The van der Waals surface area contributed by atoms with Gasteiger partial charge in [-0.2, -0.15) is 0 Å². The van der Waals surface area contributed by atoms with Crippen LogP contribution < -0.4 is 9.75 Å². The summed E-state index contributed by atoms with van der Waals surface area (Å²) in [7, 11) is 0. The van der Waals surface area contributed by atoms with Crippen molar-refractivity contribution in [1.29, 1.82) is 0 Å². The fourth-order valence-electron chi connectivity index (χ4n) is 6.62. The van der Waals surface area contributed by atoms with Gasteiger partial charge in [-0.05, 0) is 46.4 Å². The van der Waals surface area contributed by atoms with Gasteiger partial charge in [0.1, 0.15) is 11.2 Å². The lowest BCUT2D eigenvalue weighted by molar-refractivity contribution is 0.667. The average molecular weight is 598 g/mol. The van der Waals surface area contributed by atoms with Crippen LogP contribution in [0.2, 0.25) is 0 Å². The SMILES string of the molecule is CC1C=c2sc3ccccc3c2=CC1c1ccc2oc3cccc(-c4nc(-c5ccccc5)nc(-c5ccccc5)n4)c3c2c1. The molecule has 45 heavy (non-hydrogen) atoms. The number of hydrogen-bond acceptors (Lipinski definition) is 5. The van der Waals surface area contributed by atoms with Crippen LogP contribution in [-0.4, -0.2) is 15.0 Å². The van der Waals surface area contributed by atoms with Gasteiger partial charge in [-0.15, -0.1) is 11.3 Å². The number of aromatic nitrogens is 3. The zero-order valence-corrected chi connectivity index (χ0v) is 25.3. The van der Waals surface area contributed by atoms with E-state index in [1.165, 1.54) is 25.4 Å². The zero-order chi connectivity index (χ0) is 29.9. The monoisotopic (exact) mass is 597 g/mol. The minimum Gasteiger partial charge on any atom is -0.456 e. The summed E-state index contributed by atoms with van der Waals surface area (Å²) >= 11 is 1.88. The van der Waals surface area contributed by atoms with Crippen molar-refractivity contribution in [3.05, 3.63) is 137 Å². The molecular weight excluding hydrogens is 571 g/mol. The summed E-state index contributed by atoms with van der Waals surface area (Å²) in [6.45, 7) is 2.32. The Labute approximate surface area is 263 Å². The lowest BCUT2D eigenvalue weighted by atomic mass is 9.83. The van der Waals surface area contributed by atoms with Crippen LogP contribution in [0.15, 0.2) is 126 Å². The van der Waals surface area contributed by atoms with Crippen molar-refractivity contribution in [3.63, 3.8) is 0 Å². The van der Waals surface area contributed by atoms with Crippen LogP contribution in [0.5, 0.6) is 0 Å². The Morgan fingerprint density at radius 3 is 2.04 bits per heavy atom. The highest BCUT2D eigenvalue weighted by Crippen LogP contribution is 2.39. The van der Waals surface area contributed by atoms with Crippen molar-refractivity contribution < 1.29 is 4.42 Å². The predicted molar refractivity (Wildman–Crippen MR) is 185 cm³/mol. The molecule has 0 saturated carbocycles. The summed E-state index contributed by atoms with van der Waals surface area (Å²) in [5.41, 5.74) is 5.78. The first-order chi connectivity index (χ1) is 22.2. The Hall–Kier alpha value is -5.39. The van der Waals surface area contributed by atoms with Crippen molar-refractivity contribution in [2.24, 2.45) is 5.92 Å². The quantitative estimate of drug-likeness (QED) is 0.203. The zero-order valence-electron chi connectivity index (χ0n) is 24.5. The molecule has 1 aliphatic carbocycles. The Balaban J connectivity index is 1.24. The molecule has 0 aliphatic heterocycles. The van der Waals surface area contributed by atoms with E-state index in [4.69, 9.17) is 19.4 Å². The first-order valence-corrected chi connectivity index (χ1v) is 16.0. The first kappa shape index (κ1) is 26.1. The molecule has 2 unspecified atom stereocenters. The van der Waals surface area contributed by atoms with E-state index in [-0.39, 0.29) is 5.92 Å². The molecular formula is C40H27N3OS. The number of nitrogens with zero attached hydrogens (tertiary/aromatic N) is 3. The Morgan fingerprint density at radius 2 is 1.29 bits per heavy atom. The molecule has 0 spiro atoms. The van der Waals surface area contributed by atoms with Crippen LogP contribution in [-0.2, 0) is 0 Å². The summed E-state index contributed by atoms with van der Waals surface area (Å²) in [5, 5.41) is 4.78. The smallest absolute Gasteiger partial charge is 0.164 e. The third-order valence-corrected chi connectivity index (χ3v) is 9.99. The summed E-state index contributed by atoms with van der Waals surface area (Å²) in [5.74, 6) is 2.53. The standard InChI is InChI=1S/C40H27N3OS/c1-24-21-36-31(28-15-8-9-18-35(28)45-36)23-30(24)27-19-20-33-32(22-27)37-29(16-10-17-34(37)44-33)40-42-38(25-11-4-2-5-12-25)41-39(43-40)26-13-6-3-7-14-26/h2-24,30H,1H3. The fraction of sp³-hybridized carbons (Fsp3) is 0.0750. The molecule has 5 heteroatoms. The average Bonchev–Trinajstić information content (AvgIpc) is 3.65. The summed E-state index contributed by atoms with van der Waals surface area (Å²) in [4.78, 5) is 15.0. The van der Waals surface area contributed by atoms with Gasteiger partial charge in [0.05, 0.1) is 0 Å². The van der Waals surface area contributed by atoms with Crippen LogP contribution >= 0.6 is 11.3 Å². The van der Waals surface area contributed by atoms with E-state index < -0.39 is 0 Å². The maximum absolute atomic E-state index is 6.43. The van der Waals surface area contributed by atoms with E-state index >= 15 is 0 Å². The largest absolute Gasteiger partial charge is 0.456 e. The topological polar surface area (TPSA) is 51.8 Å². The Bertz CT molecular complexity index is 2460. The van der Waals surface area contributed by atoms with E-state index in [0.717, 1.165) is 38.6 Å². The van der Waals surface area contributed by atoms with Crippen LogP contribution in [0, 0.1) is 5.92 Å². The third kappa shape index (κ3) is 4.39. The molecule has 0 fully saturated rings. The molecule has 214 valence electrons. The van der Waals surface area contributed by atoms with E-state index in [1.807, 2.05) is 84.1 Å². The number of thiophene rings is 1. The predicted octanol–water partition coefficient (Wildman–Crippen LogP) is 8.98. The van der Waals surface area contributed by atoms with Crippen LogP contribution in [0.25, 0.3) is 78.3 Å². The van der Waals surface area contributed by atoms with E-state index in [2.05, 4.69) is 67.6 Å². The normalized spacial score (nSPS) is 16.0. The Kier molecular flexibility index (Phi) is 6.00. The number of fused-ring (bicyclic) bond motifs is 6. The maximum Gasteiger partial charge on any atom is 0.164 e. The second kappa shape index (κ2) is 10.4. The first-order valence-electron chi connectivity index (χ1n) is 15.2. The lowest BCUT2D eigenvalue weighted by Gasteiger charge is -2.21. The second-order valence-electron chi connectivity index (χ2n) is 11.7. The molecule has 9 rings (SSSR count). The van der Waals surface area contributed by atoms with Gasteiger partial charge < -0.3 is 4.42 Å². The molecule has 3 heterocycles. The number of furan rings is 1. The fourth-order valence-corrected chi connectivity index (χ4v) is 7.86. The van der Waals surface area contributed by atoms with Gasteiger partial charge in [0.25, 0.3) is 0 Å². The van der Waals surface area contributed by atoms with Crippen molar-refractivity contribution >= 4 is 55.5 Å². The maximum atomic E-state index is 6.43. The molecule has 0 bridgehead atoms. The van der Waals surface area contributed by atoms with Gasteiger partial charge in [-0.3, -0.25) is 0 Å². The molecule has 5 aromatic carbocycles. The van der Waals surface area contributed by atoms with Gasteiger partial charge in [-0.1, -0.05) is 116 Å². The highest BCUT2D eigenvalue weighted by molar-refractivity contribution is 7.17. The summed E-state index contributed by atoms with van der Waals surface area (Å²) in [6.07, 6.45) is 4.90. The lowest BCUT2D eigenvalue weighted by Crippen LogP contribution is -2.27. The number of benzene rings is 5. The van der Waals surface area contributed by atoms with Gasteiger partial charge in [0.15, 0.2) is 17.5 Å². The molecule has 0 radical (unpaired) electrons. The highest BCUT2D eigenvalue weighted by Gasteiger charge is 2.23. The van der Waals surface area contributed by atoms with Crippen LogP contribution in [0.4, 0.5) is 0 Å². The molecule has 2 atom stereocenters. The summed E-state index contributed by atoms with van der Waals surface area (Å²) in [6, 6.07) is 41.7. The highest BCUT2D eigenvalue weighted by atomic mass is 32.1. The molecule has 0 amide bonds. The van der Waals surface area contributed by atoms with Gasteiger partial charge >= 0.3 is 0 Å². The minimum atomic E-state index is 0.253. The molecule has 8 aromatic rings. The molecule has 0 N–H and O–H groups in total. The van der Waals surface area contributed by atoms with Crippen molar-refractivity contribution in [1.82, 2.24) is 15.0 Å². The van der Waals surface area contributed by atoms with Gasteiger partial charge in [-0.25, -0.2) is 15.0 Å². The van der Waals surface area contributed by atoms with E-state index in [1.54, 1.807) is 0 Å². The van der Waals surface area contributed by atoms with Crippen LogP contribution in [0.3, 0.4) is 0 Å². The van der Waals surface area contributed by atoms with Crippen molar-refractivity contribution in [2.45, 2.75) is 12.8 Å². The summed E-state index contributed by atoms with van der Waals surface area (Å²) < 4.78 is 9.14. The van der Waals surface area contributed by atoms with Gasteiger partial charge in [0.2, 0.25) is 0 Å². The van der Waals surface area contributed by atoms with E-state index in [9.17, 15) is 0 Å². The van der Waals surface area contributed by atoms with E-state index in [0.29, 0.717) is 23.4 Å². The molecule has 4 nitrogen and oxygen atoms in total. The van der Waals surface area contributed by atoms with Crippen LogP contribution in [0.1, 0.15) is 18.4 Å². The minimum absolute atomic E-state index is 0.253.